The van der Waals surface area contributed by atoms with E-state index in [1.807, 2.05) is 31.2 Å². The Morgan fingerprint density at radius 2 is 1.77 bits per heavy atom. The third kappa shape index (κ3) is 4.87. The van der Waals surface area contributed by atoms with Crippen LogP contribution in [0.2, 0.25) is 0 Å². The van der Waals surface area contributed by atoms with Crippen LogP contribution in [0.15, 0.2) is 69.7 Å². The molecule has 2 heterocycles. The molecule has 0 fully saturated rings. The van der Waals surface area contributed by atoms with Gasteiger partial charge in [0.05, 0.1) is 10.6 Å². The highest BCUT2D eigenvalue weighted by atomic mass is 79.9. The van der Waals surface area contributed by atoms with Gasteiger partial charge in [-0.05, 0) is 55.8 Å². The van der Waals surface area contributed by atoms with Crippen LogP contribution in [-0.4, -0.2) is 26.9 Å². The molecule has 0 bridgehead atoms. The number of thioether (sulfide) groups is 1. The first-order valence-corrected chi connectivity index (χ1v) is 12.0. The van der Waals surface area contributed by atoms with Gasteiger partial charge in [0.1, 0.15) is 16.2 Å². The minimum Gasteiger partial charge on any atom is -0.325 e. The number of halogens is 1. The number of carbonyl (C=O) groups excluding carboxylic acids is 2. The number of ketones is 1. The molecule has 2 aromatic carbocycles. The summed E-state index contributed by atoms with van der Waals surface area (Å²) >= 11 is 6.44. The molecule has 1 N–H and O–H groups in total. The van der Waals surface area contributed by atoms with E-state index in [-0.39, 0.29) is 16.9 Å². The Bertz CT molecular complexity index is 1250. The van der Waals surface area contributed by atoms with Crippen LogP contribution in [0, 0.1) is 0 Å². The minimum absolute atomic E-state index is 0.00748. The topological polar surface area (TPSA) is 72.0 Å². The van der Waals surface area contributed by atoms with E-state index in [0.29, 0.717) is 11.3 Å². The number of benzene rings is 2. The summed E-state index contributed by atoms with van der Waals surface area (Å²) in [4.78, 5) is 33.9. The average molecular weight is 512 g/mol. The summed E-state index contributed by atoms with van der Waals surface area (Å²) in [5, 5.41) is 6.35. The number of rotatable bonds is 6. The molecule has 2 aromatic heterocycles. The highest BCUT2D eigenvalue weighted by Crippen LogP contribution is 2.39. The van der Waals surface area contributed by atoms with Crippen molar-refractivity contribution in [3.8, 4) is 11.1 Å². The van der Waals surface area contributed by atoms with Crippen LogP contribution in [0.5, 0.6) is 0 Å². The molecule has 1 atom stereocenters. The zero-order chi connectivity index (χ0) is 22.0. The van der Waals surface area contributed by atoms with Crippen molar-refractivity contribution < 1.29 is 9.59 Å². The summed E-state index contributed by atoms with van der Waals surface area (Å²) < 4.78 is 1.02. The Morgan fingerprint density at radius 1 is 1.06 bits per heavy atom. The molecular formula is C23H18BrN3O2S2. The standard InChI is InChI=1S/C23H18BrN3O2S2/c1-13(28)15-5-9-18(10-6-15)27-21(29)14(2)31-23-20-19(11-30-22(20)25-12-26-23)16-3-7-17(24)8-4-16/h3-12,14H,1-2H3,(H,27,29). The lowest BCUT2D eigenvalue weighted by Gasteiger charge is -2.13. The van der Waals surface area contributed by atoms with Gasteiger partial charge >= 0.3 is 0 Å². The molecule has 5 nitrogen and oxygen atoms in total. The number of thiophene rings is 1. The lowest BCUT2D eigenvalue weighted by Crippen LogP contribution is -2.22. The van der Waals surface area contributed by atoms with E-state index in [0.717, 1.165) is 30.8 Å². The SMILES string of the molecule is CC(=O)c1ccc(NC(=O)C(C)Sc2ncnc3scc(-c4ccc(Br)cc4)c23)cc1. The summed E-state index contributed by atoms with van der Waals surface area (Å²) in [5.41, 5.74) is 3.40. The maximum Gasteiger partial charge on any atom is 0.237 e. The van der Waals surface area contributed by atoms with Crippen molar-refractivity contribution in [1.82, 2.24) is 9.97 Å². The maximum absolute atomic E-state index is 12.8. The van der Waals surface area contributed by atoms with Gasteiger partial charge in [-0.2, -0.15) is 0 Å². The predicted octanol–water partition coefficient (Wildman–Crippen LogP) is 6.44. The number of Topliss-reactive ketones (excluding diaryl/α,β-unsaturated/α-hetero) is 1. The number of nitrogens with zero attached hydrogens (tertiary/aromatic N) is 2. The first-order valence-electron chi connectivity index (χ1n) is 9.49. The van der Waals surface area contributed by atoms with E-state index in [2.05, 4.69) is 36.6 Å². The lowest BCUT2D eigenvalue weighted by atomic mass is 10.1. The second kappa shape index (κ2) is 9.30. The fourth-order valence-corrected chi connectivity index (χ4v) is 5.21. The average Bonchev–Trinajstić information content (AvgIpc) is 3.20. The van der Waals surface area contributed by atoms with Crippen LogP contribution in [0.1, 0.15) is 24.2 Å². The summed E-state index contributed by atoms with van der Waals surface area (Å²) in [6.07, 6.45) is 1.54. The van der Waals surface area contributed by atoms with E-state index in [4.69, 9.17) is 0 Å². The molecule has 31 heavy (non-hydrogen) atoms. The second-order valence-electron chi connectivity index (χ2n) is 6.90. The van der Waals surface area contributed by atoms with Gasteiger partial charge in [0.25, 0.3) is 0 Å². The Morgan fingerprint density at radius 3 is 2.45 bits per heavy atom. The number of nitrogens with one attached hydrogen (secondary N) is 1. The largest absolute Gasteiger partial charge is 0.325 e. The number of fused-ring (bicyclic) bond motifs is 1. The maximum atomic E-state index is 12.8. The van der Waals surface area contributed by atoms with E-state index in [1.165, 1.54) is 25.0 Å². The molecule has 156 valence electrons. The zero-order valence-corrected chi connectivity index (χ0v) is 20.0. The van der Waals surface area contributed by atoms with Crippen molar-refractivity contribution in [2.75, 3.05) is 5.32 Å². The van der Waals surface area contributed by atoms with Gasteiger partial charge in [-0.1, -0.05) is 39.8 Å². The first kappa shape index (κ1) is 21.7. The first-order chi connectivity index (χ1) is 14.9. The quantitative estimate of drug-likeness (QED) is 0.183. The third-order valence-corrected chi connectivity index (χ3v) is 7.22. The number of anilines is 1. The van der Waals surface area contributed by atoms with Crippen molar-refractivity contribution in [2.45, 2.75) is 24.1 Å². The van der Waals surface area contributed by atoms with Crippen molar-refractivity contribution in [3.05, 3.63) is 70.3 Å². The molecule has 1 amide bonds. The highest BCUT2D eigenvalue weighted by molar-refractivity contribution is 9.10. The Balaban J connectivity index is 1.56. The highest BCUT2D eigenvalue weighted by Gasteiger charge is 2.20. The number of amides is 1. The van der Waals surface area contributed by atoms with Gasteiger partial charge in [0, 0.05) is 26.7 Å². The third-order valence-electron chi connectivity index (χ3n) is 4.71. The smallest absolute Gasteiger partial charge is 0.237 e. The summed E-state index contributed by atoms with van der Waals surface area (Å²) in [5.74, 6) is -0.139. The molecule has 8 heteroatoms. The van der Waals surface area contributed by atoms with Crippen molar-refractivity contribution in [1.29, 1.82) is 0 Å². The molecule has 0 radical (unpaired) electrons. The molecule has 0 spiro atoms. The molecule has 0 aliphatic heterocycles. The Hall–Kier alpha value is -2.55. The number of hydrogen-bond acceptors (Lipinski definition) is 6. The summed E-state index contributed by atoms with van der Waals surface area (Å²) in [6.45, 7) is 3.37. The fraction of sp³-hybridized carbons (Fsp3) is 0.130. The number of hydrogen-bond donors (Lipinski definition) is 1. The monoisotopic (exact) mass is 511 g/mol. The molecule has 1 unspecified atom stereocenters. The molecule has 4 rings (SSSR count). The van der Waals surface area contributed by atoms with Gasteiger partial charge in [-0.3, -0.25) is 9.59 Å². The Labute approximate surface area is 196 Å². The fourth-order valence-electron chi connectivity index (χ4n) is 3.03. The summed E-state index contributed by atoms with van der Waals surface area (Å²) in [7, 11) is 0. The van der Waals surface area contributed by atoms with Gasteiger partial charge in [0.15, 0.2) is 5.78 Å². The minimum atomic E-state index is -0.372. The van der Waals surface area contributed by atoms with Crippen LogP contribution in [0.3, 0.4) is 0 Å². The number of carbonyl (C=O) groups is 2. The molecule has 0 saturated carbocycles. The van der Waals surface area contributed by atoms with Crippen LogP contribution < -0.4 is 5.32 Å². The summed E-state index contributed by atoms with van der Waals surface area (Å²) in [6, 6.07) is 15.0. The second-order valence-corrected chi connectivity index (χ2v) is 10.0. The zero-order valence-electron chi connectivity index (χ0n) is 16.8. The molecule has 0 saturated heterocycles. The molecule has 4 aromatic rings. The predicted molar refractivity (Wildman–Crippen MR) is 131 cm³/mol. The molecule has 0 aliphatic carbocycles. The van der Waals surface area contributed by atoms with E-state index >= 15 is 0 Å². The van der Waals surface area contributed by atoms with Crippen LogP contribution in [0.25, 0.3) is 21.3 Å². The van der Waals surface area contributed by atoms with E-state index in [1.54, 1.807) is 35.6 Å². The van der Waals surface area contributed by atoms with E-state index < -0.39 is 0 Å². The van der Waals surface area contributed by atoms with Crippen LogP contribution in [-0.2, 0) is 4.79 Å². The normalized spacial score (nSPS) is 12.0. The van der Waals surface area contributed by atoms with Gasteiger partial charge in [-0.15, -0.1) is 11.3 Å². The van der Waals surface area contributed by atoms with Gasteiger partial charge < -0.3 is 5.32 Å². The van der Waals surface area contributed by atoms with Gasteiger partial charge in [-0.25, -0.2) is 9.97 Å². The van der Waals surface area contributed by atoms with Crippen molar-refractivity contribution in [2.24, 2.45) is 0 Å². The van der Waals surface area contributed by atoms with Crippen molar-refractivity contribution >= 4 is 66.6 Å². The van der Waals surface area contributed by atoms with E-state index in [9.17, 15) is 9.59 Å². The number of aromatic nitrogens is 2. The van der Waals surface area contributed by atoms with Crippen LogP contribution >= 0.6 is 39.0 Å². The van der Waals surface area contributed by atoms with Crippen molar-refractivity contribution in [3.63, 3.8) is 0 Å². The van der Waals surface area contributed by atoms with Crippen LogP contribution in [0.4, 0.5) is 5.69 Å². The Kier molecular flexibility index (Phi) is 6.50. The van der Waals surface area contributed by atoms with Gasteiger partial charge in [0.2, 0.25) is 5.91 Å². The lowest BCUT2D eigenvalue weighted by molar-refractivity contribution is -0.115. The molecular weight excluding hydrogens is 494 g/mol. The molecule has 0 aliphatic rings.